The number of aliphatic hydroxyl groups excluding tert-OH is 1. The fourth-order valence-corrected chi connectivity index (χ4v) is 2.24. The van der Waals surface area contributed by atoms with Gasteiger partial charge in [0.25, 0.3) is 0 Å². The summed E-state index contributed by atoms with van der Waals surface area (Å²) in [6.07, 6.45) is -1.16. The van der Waals surface area contributed by atoms with Gasteiger partial charge in [-0.3, -0.25) is 9.69 Å². The number of carbonyl (C=O) groups excluding carboxylic acids is 2. The van der Waals surface area contributed by atoms with Crippen molar-refractivity contribution in [3.05, 3.63) is 34.8 Å². The van der Waals surface area contributed by atoms with E-state index in [9.17, 15) is 14.7 Å². The summed E-state index contributed by atoms with van der Waals surface area (Å²) in [5.41, 5.74) is 4.52. The van der Waals surface area contributed by atoms with Crippen LogP contribution in [0, 0.1) is 6.07 Å². The zero-order valence-corrected chi connectivity index (χ0v) is 18.3. The predicted octanol–water partition coefficient (Wildman–Crippen LogP) is 1.97. The first-order valence-electron chi connectivity index (χ1n) is 7.33. The van der Waals surface area contributed by atoms with Crippen molar-refractivity contribution in [1.29, 1.82) is 0 Å². The first-order valence-corrected chi connectivity index (χ1v) is 9.16. The Morgan fingerprint density at radius 2 is 1.88 bits per heavy atom. The number of ether oxygens (including phenoxy) is 1. The maximum atomic E-state index is 11.7. The minimum atomic E-state index is -0.773. The average molecular weight is 592 g/mol. The number of hydrogen-bond donors (Lipinski definition) is 2. The van der Waals surface area contributed by atoms with Crippen LogP contribution in [-0.4, -0.2) is 46.3 Å². The molecule has 142 valence electrons. The molecule has 1 aromatic rings. The second-order valence-electron chi connectivity index (χ2n) is 6.16. The molecule has 2 rings (SSSR count). The second-order valence-corrected chi connectivity index (χ2v) is 7.07. The number of nitrogens with zero attached hydrogens (tertiary/aromatic N) is 1. The molecule has 9 heteroatoms. The Morgan fingerprint density at radius 3 is 2.24 bits per heavy atom. The van der Waals surface area contributed by atoms with Crippen LogP contribution in [-0.2, 0) is 31.6 Å². The fraction of sp³-hybridized carbons (Fsp3) is 0.500. The number of aliphatic hydroxyl groups is 1. The molecule has 0 spiro atoms. The SMILES string of the molecule is Brc1cc[c-]cc1.CC(C)(C)OC(=O)N1C[C@@H](O)C[C@H]1C(N)=O.[O]=[Os]. The third-order valence-corrected chi connectivity index (χ3v) is 3.44. The summed E-state index contributed by atoms with van der Waals surface area (Å²) in [4.78, 5) is 24.0. The standard InChI is InChI=1S/C10H18N2O4.C6H4Br.O.Os/c1-10(2,3)16-9(15)12-5-6(13)4-7(12)8(11)14;7-6-4-2-1-3-5-6;;/h6-7,13H,4-5H2,1-3H3,(H2,11,14);2-5H;;/q;-1;;/t6-,7-;;;/m0.../s1. The van der Waals surface area contributed by atoms with Gasteiger partial charge in [0.15, 0.2) is 0 Å². The summed E-state index contributed by atoms with van der Waals surface area (Å²) < 4.78 is 14.5. The van der Waals surface area contributed by atoms with E-state index < -0.39 is 29.7 Å². The van der Waals surface area contributed by atoms with E-state index >= 15 is 0 Å². The molecule has 7 nitrogen and oxygen atoms in total. The fourth-order valence-electron chi connectivity index (χ4n) is 1.97. The molecule has 1 aliphatic heterocycles. The van der Waals surface area contributed by atoms with Crippen LogP contribution in [0.25, 0.3) is 0 Å². The van der Waals surface area contributed by atoms with Crippen LogP contribution in [0.15, 0.2) is 28.7 Å². The van der Waals surface area contributed by atoms with Crippen LogP contribution in [0.3, 0.4) is 0 Å². The van der Waals surface area contributed by atoms with Crippen molar-refractivity contribution in [2.75, 3.05) is 6.54 Å². The van der Waals surface area contributed by atoms with Gasteiger partial charge in [-0.15, -0.1) is 0 Å². The number of rotatable bonds is 1. The van der Waals surface area contributed by atoms with Gasteiger partial charge < -0.3 is 15.6 Å². The van der Waals surface area contributed by atoms with Crippen LogP contribution < -0.4 is 5.73 Å². The van der Waals surface area contributed by atoms with Gasteiger partial charge in [0.05, 0.1) is 12.6 Å². The van der Waals surface area contributed by atoms with E-state index in [1.165, 1.54) is 4.90 Å². The number of carbonyl (C=O) groups is 2. The third-order valence-electron chi connectivity index (χ3n) is 2.91. The Hall–Kier alpha value is -1.16. The van der Waals surface area contributed by atoms with E-state index in [0.717, 1.165) is 4.47 Å². The topological polar surface area (TPSA) is 110 Å². The number of hydrogen-bond acceptors (Lipinski definition) is 5. The Labute approximate surface area is 166 Å². The van der Waals surface area contributed by atoms with E-state index in [1.54, 1.807) is 20.8 Å². The van der Waals surface area contributed by atoms with E-state index in [2.05, 4.69) is 22.0 Å². The first-order chi connectivity index (χ1) is 11.6. The summed E-state index contributed by atoms with van der Waals surface area (Å²) >= 11 is 3.90. The van der Waals surface area contributed by atoms with E-state index in [-0.39, 0.29) is 13.0 Å². The van der Waals surface area contributed by atoms with Gasteiger partial charge in [-0.05, 0) is 20.8 Å². The molecule has 0 radical (unpaired) electrons. The number of benzene rings is 1. The molecule has 1 aromatic carbocycles. The zero-order valence-electron chi connectivity index (χ0n) is 14.2. The molecule has 0 bridgehead atoms. The van der Waals surface area contributed by atoms with Crippen LogP contribution in [0.1, 0.15) is 27.2 Å². The van der Waals surface area contributed by atoms with Crippen molar-refractivity contribution in [3.8, 4) is 0 Å². The van der Waals surface area contributed by atoms with Crippen molar-refractivity contribution < 1.29 is 41.5 Å². The molecule has 1 fully saturated rings. The summed E-state index contributed by atoms with van der Waals surface area (Å²) in [7, 11) is 0. The van der Waals surface area contributed by atoms with E-state index in [0.29, 0.717) is 18.6 Å². The van der Waals surface area contributed by atoms with Crippen molar-refractivity contribution >= 4 is 27.9 Å². The Balaban J connectivity index is 0.000000530. The predicted molar refractivity (Wildman–Crippen MR) is 90.2 cm³/mol. The van der Waals surface area contributed by atoms with Crippen molar-refractivity contribution in [1.82, 2.24) is 4.90 Å². The molecular weight excluding hydrogens is 570 g/mol. The minimum absolute atomic E-state index is 0.0858. The molecule has 0 aliphatic carbocycles. The van der Waals surface area contributed by atoms with Crippen LogP contribution in [0.5, 0.6) is 0 Å². The van der Waals surface area contributed by atoms with Crippen LogP contribution >= 0.6 is 15.9 Å². The Morgan fingerprint density at radius 1 is 1.36 bits per heavy atom. The number of β-amino-alcohol motifs (C(OH)–C–C–N with tert-alkyl or cyclic N) is 1. The van der Waals surface area contributed by atoms with Crippen LogP contribution in [0.2, 0.25) is 0 Å². The number of likely N-dealkylation sites (tertiary alicyclic amines) is 1. The molecule has 25 heavy (non-hydrogen) atoms. The van der Waals surface area contributed by atoms with Crippen molar-refractivity contribution in [2.45, 2.75) is 44.9 Å². The molecule has 1 aliphatic rings. The Bertz CT molecular complexity index is 553. The van der Waals surface area contributed by atoms with Gasteiger partial charge in [-0.25, -0.2) is 4.79 Å². The van der Waals surface area contributed by atoms with Gasteiger partial charge in [-0.1, -0.05) is 20.4 Å². The second kappa shape index (κ2) is 11.5. The number of nitrogens with two attached hydrogens (primary N) is 1. The van der Waals surface area contributed by atoms with Gasteiger partial charge in [0.1, 0.15) is 11.6 Å². The number of halogens is 1. The monoisotopic (exact) mass is 593 g/mol. The van der Waals surface area contributed by atoms with Crippen molar-refractivity contribution in [2.24, 2.45) is 5.73 Å². The van der Waals surface area contributed by atoms with Gasteiger partial charge in [-0.2, -0.15) is 30.3 Å². The van der Waals surface area contributed by atoms with Gasteiger partial charge in [0, 0.05) is 6.42 Å². The summed E-state index contributed by atoms with van der Waals surface area (Å²) in [5, 5.41) is 9.41. The van der Waals surface area contributed by atoms with Gasteiger partial charge >= 0.3 is 28.2 Å². The molecule has 0 saturated carbocycles. The zero-order chi connectivity index (χ0) is 19.6. The Kier molecular flexibility index (Phi) is 10.9. The maximum absolute atomic E-state index is 11.7. The molecular formula is C16H22BrN2O5Os-. The summed E-state index contributed by atoms with van der Waals surface area (Å²) in [6.45, 7) is 5.28. The van der Waals surface area contributed by atoms with Crippen LogP contribution in [0.4, 0.5) is 4.79 Å². The van der Waals surface area contributed by atoms with Gasteiger partial charge in [0.2, 0.25) is 5.91 Å². The normalized spacial score (nSPS) is 19.0. The molecule has 3 N–H and O–H groups in total. The molecule has 1 heterocycles. The molecule has 2 atom stereocenters. The number of amides is 2. The molecule has 1 saturated heterocycles. The number of primary amides is 1. The van der Waals surface area contributed by atoms with E-state index in [1.807, 2.05) is 24.3 Å². The van der Waals surface area contributed by atoms with Crippen molar-refractivity contribution in [3.63, 3.8) is 0 Å². The summed E-state index contributed by atoms with van der Waals surface area (Å²) in [5.74, 6) is -0.623. The quantitative estimate of drug-likeness (QED) is 0.485. The molecule has 2 amide bonds. The third kappa shape index (κ3) is 9.78. The van der Waals surface area contributed by atoms with E-state index in [4.69, 9.17) is 14.0 Å². The molecule has 0 aromatic heterocycles. The first kappa shape index (κ1) is 23.8. The molecule has 0 unspecified atom stereocenters. The average Bonchev–Trinajstić information content (AvgIpc) is 2.92. The summed E-state index contributed by atoms with van der Waals surface area (Å²) in [6, 6.07) is 9.75.